The average molecular weight is 240 g/mol. The van der Waals surface area contributed by atoms with Crippen molar-refractivity contribution in [3.8, 4) is 0 Å². The molecule has 0 atom stereocenters. The van der Waals surface area contributed by atoms with Crippen LogP contribution in [0.2, 0.25) is 0 Å². The number of carbonyl (C=O) groups excluding carboxylic acids is 1. The lowest BCUT2D eigenvalue weighted by molar-refractivity contribution is -0.137. The molecule has 0 aliphatic rings. The van der Waals surface area contributed by atoms with Gasteiger partial charge in [-0.25, -0.2) is 0 Å². The van der Waals surface area contributed by atoms with Crippen molar-refractivity contribution >= 4 is 11.9 Å². The van der Waals surface area contributed by atoms with Gasteiger partial charge in [0.05, 0.1) is 6.20 Å². The number of rotatable bonds is 6. The maximum Gasteiger partial charge on any atom is 0.303 e. The molecule has 1 rings (SSSR count). The van der Waals surface area contributed by atoms with E-state index in [-0.39, 0.29) is 24.1 Å². The van der Waals surface area contributed by atoms with Crippen LogP contribution in [0.3, 0.4) is 0 Å². The van der Waals surface area contributed by atoms with Gasteiger partial charge in [-0.3, -0.25) is 9.59 Å². The molecule has 1 N–H and O–H groups in total. The first-order valence-electron chi connectivity index (χ1n) is 5.46. The zero-order valence-corrected chi connectivity index (χ0v) is 9.92. The first-order chi connectivity index (χ1) is 8.02. The van der Waals surface area contributed by atoms with Crippen LogP contribution >= 0.6 is 0 Å². The second kappa shape index (κ2) is 6.03. The molecule has 0 aromatic carbocycles. The van der Waals surface area contributed by atoms with Gasteiger partial charge in [-0.2, -0.15) is 0 Å². The first-order valence-corrected chi connectivity index (χ1v) is 5.46. The minimum absolute atomic E-state index is 0.0126. The summed E-state index contributed by atoms with van der Waals surface area (Å²) in [6.45, 7) is 4.13. The van der Waals surface area contributed by atoms with Crippen molar-refractivity contribution in [2.24, 2.45) is 0 Å². The van der Waals surface area contributed by atoms with Crippen LogP contribution in [0.25, 0.3) is 0 Å². The van der Waals surface area contributed by atoms with E-state index in [0.717, 1.165) is 0 Å². The van der Waals surface area contributed by atoms with Crippen molar-refractivity contribution in [2.45, 2.75) is 32.7 Å². The van der Waals surface area contributed by atoms with Crippen molar-refractivity contribution in [3.63, 3.8) is 0 Å². The molecule has 6 nitrogen and oxygen atoms in total. The van der Waals surface area contributed by atoms with Crippen LogP contribution in [-0.2, 0) is 4.79 Å². The van der Waals surface area contributed by atoms with Crippen LogP contribution in [0.4, 0.5) is 0 Å². The molecular weight excluding hydrogens is 224 g/mol. The lowest BCUT2D eigenvalue weighted by atomic mass is 10.2. The highest BCUT2D eigenvalue weighted by Gasteiger charge is 2.21. The van der Waals surface area contributed by atoms with Crippen molar-refractivity contribution in [1.82, 2.24) is 10.1 Å². The lowest BCUT2D eigenvalue weighted by Gasteiger charge is -2.25. The molecule has 0 saturated carbocycles. The topological polar surface area (TPSA) is 83.6 Å². The van der Waals surface area contributed by atoms with Crippen molar-refractivity contribution in [2.75, 3.05) is 6.54 Å². The Morgan fingerprint density at radius 2 is 2.24 bits per heavy atom. The van der Waals surface area contributed by atoms with Crippen LogP contribution in [-0.4, -0.2) is 39.6 Å². The lowest BCUT2D eigenvalue weighted by Crippen LogP contribution is -2.37. The van der Waals surface area contributed by atoms with E-state index < -0.39 is 5.97 Å². The zero-order chi connectivity index (χ0) is 12.8. The number of carbonyl (C=O) groups is 2. The molecule has 0 aliphatic carbocycles. The number of carboxylic acids is 1. The zero-order valence-electron chi connectivity index (χ0n) is 9.92. The normalized spacial score (nSPS) is 10.5. The Bertz CT molecular complexity index is 373. The fraction of sp³-hybridized carbons (Fsp3) is 0.545. The Hall–Kier alpha value is -1.85. The van der Waals surface area contributed by atoms with Gasteiger partial charge in [0.2, 0.25) is 5.76 Å². The summed E-state index contributed by atoms with van der Waals surface area (Å²) in [5, 5.41) is 12.0. The molecule has 0 bridgehead atoms. The number of carboxylic acid groups (broad SMARTS) is 1. The van der Waals surface area contributed by atoms with Crippen LogP contribution in [0.1, 0.15) is 37.2 Å². The molecule has 6 heteroatoms. The average Bonchev–Trinajstić information content (AvgIpc) is 2.75. The van der Waals surface area contributed by atoms with Gasteiger partial charge in [0.25, 0.3) is 5.91 Å². The second-order valence-corrected chi connectivity index (χ2v) is 3.97. The fourth-order valence-electron chi connectivity index (χ4n) is 1.46. The Labute approximate surface area is 99.2 Å². The summed E-state index contributed by atoms with van der Waals surface area (Å²) >= 11 is 0. The molecular formula is C11H16N2O4. The summed E-state index contributed by atoms with van der Waals surface area (Å²) in [4.78, 5) is 24.0. The van der Waals surface area contributed by atoms with Gasteiger partial charge in [0.15, 0.2) is 0 Å². The van der Waals surface area contributed by atoms with E-state index in [4.69, 9.17) is 9.63 Å². The molecule has 1 heterocycles. The van der Waals surface area contributed by atoms with Crippen molar-refractivity contribution < 1.29 is 19.2 Å². The molecule has 0 radical (unpaired) electrons. The third-order valence-electron chi connectivity index (χ3n) is 2.32. The molecule has 1 aromatic heterocycles. The standard InChI is InChI=1S/C11H16N2O4/c1-8(2)13(7-3-4-10(14)15)11(16)9-5-6-12-17-9/h5-6,8H,3-4,7H2,1-2H3,(H,14,15). The second-order valence-electron chi connectivity index (χ2n) is 3.97. The van der Waals surface area contributed by atoms with Crippen LogP contribution in [0.15, 0.2) is 16.8 Å². The summed E-state index contributed by atoms with van der Waals surface area (Å²) < 4.78 is 4.80. The van der Waals surface area contributed by atoms with Crippen molar-refractivity contribution in [1.29, 1.82) is 0 Å². The largest absolute Gasteiger partial charge is 0.481 e. The number of nitrogens with zero attached hydrogens (tertiary/aromatic N) is 2. The maximum atomic E-state index is 12.0. The highest BCUT2D eigenvalue weighted by Crippen LogP contribution is 2.09. The molecule has 1 aromatic rings. The minimum atomic E-state index is -0.860. The van der Waals surface area contributed by atoms with Gasteiger partial charge in [-0.1, -0.05) is 5.16 Å². The summed E-state index contributed by atoms with van der Waals surface area (Å²) in [6, 6.07) is 1.48. The summed E-state index contributed by atoms with van der Waals surface area (Å²) in [5.41, 5.74) is 0. The van der Waals surface area contributed by atoms with E-state index >= 15 is 0 Å². The van der Waals surface area contributed by atoms with E-state index in [2.05, 4.69) is 5.16 Å². The maximum absolute atomic E-state index is 12.0. The predicted molar refractivity (Wildman–Crippen MR) is 59.5 cm³/mol. The summed E-state index contributed by atoms with van der Waals surface area (Å²) in [6.07, 6.45) is 1.88. The third kappa shape index (κ3) is 3.90. The molecule has 17 heavy (non-hydrogen) atoms. The Kier molecular flexibility index (Phi) is 4.68. The van der Waals surface area contributed by atoms with E-state index in [1.165, 1.54) is 12.3 Å². The van der Waals surface area contributed by atoms with Gasteiger partial charge in [-0.05, 0) is 20.3 Å². The summed E-state index contributed by atoms with van der Waals surface area (Å²) in [5.74, 6) is -0.947. The molecule has 0 unspecified atom stereocenters. The number of hydrogen-bond donors (Lipinski definition) is 1. The van der Waals surface area contributed by atoms with Gasteiger partial charge >= 0.3 is 5.97 Å². The Balaban J connectivity index is 2.60. The molecule has 94 valence electrons. The van der Waals surface area contributed by atoms with Crippen LogP contribution < -0.4 is 0 Å². The predicted octanol–water partition coefficient (Wildman–Crippen LogP) is 1.39. The quantitative estimate of drug-likeness (QED) is 0.812. The number of aromatic nitrogens is 1. The van der Waals surface area contributed by atoms with Crippen LogP contribution in [0.5, 0.6) is 0 Å². The SMILES string of the molecule is CC(C)N(CCCC(=O)O)C(=O)c1ccno1. The molecule has 0 fully saturated rings. The highest BCUT2D eigenvalue weighted by molar-refractivity contribution is 5.91. The van der Waals surface area contributed by atoms with Crippen molar-refractivity contribution in [3.05, 3.63) is 18.0 Å². The fourth-order valence-corrected chi connectivity index (χ4v) is 1.46. The highest BCUT2D eigenvalue weighted by atomic mass is 16.5. The smallest absolute Gasteiger partial charge is 0.303 e. The Morgan fingerprint density at radius 3 is 2.71 bits per heavy atom. The van der Waals surface area contributed by atoms with E-state index in [1.54, 1.807) is 4.90 Å². The van der Waals surface area contributed by atoms with E-state index in [1.807, 2.05) is 13.8 Å². The molecule has 1 amide bonds. The number of hydrogen-bond acceptors (Lipinski definition) is 4. The summed E-state index contributed by atoms with van der Waals surface area (Å²) in [7, 11) is 0. The van der Waals surface area contributed by atoms with E-state index in [0.29, 0.717) is 13.0 Å². The van der Waals surface area contributed by atoms with Gasteiger partial charge in [-0.15, -0.1) is 0 Å². The molecule has 0 aliphatic heterocycles. The number of amides is 1. The van der Waals surface area contributed by atoms with Gasteiger partial charge in [0.1, 0.15) is 0 Å². The number of aliphatic carboxylic acids is 1. The molecule has 0 spiro atoms. The minimum Gasteiger partial charge on any atom is -0.481 e. The van der Waals surface area contributed by atoms with E-state index in [9.17, 15) is 9.59 Å². The third-order valence-corrected chi connectivity index (χ3v) is 2.32. The first kappa shape index (κ1) is 13.2. The Morgan fingerprint density at radius 1 is 1.53 bits per heavy atom. The molecule has 0 saturated heterocycles. The van der Waals surface area contributed by atoms with Gasteiger partial charge < -0.3 is 14.5 Å². The van der Waals surface area contributed by atoms with Gasteiger partial charge in [0, 0.05) is 25.1 Å². The monoisotopic (exact) mass is 240 g/mol. The van der Waals surface area contributed by atoms with Crippen LogP contribution in [0, 0.1) is 0 Å².